The van der Waals surface area contributed by atoms with E-state index in [-0.39, 0.29) is 46.6 Å². The van der Waals surface area contributed by atoms with Crippen LogP contribution in [0.3, 0.4) is 0 Å². The molecule has 14 heteroatoms. The molecule has 4 aliphatic rings. The van der Waals surface area contributed by atoms with Crippen molar-refractivity contribution >= 4 is 24.0 Å². The number of nitrogens with zero attached hydrogens (tertiary/aromatic N) is 4. The minimum absolute atomic E-state index is 0.0219. The van der Waals surface area contributed by atoms with Gasteiger partial charge in [-0.25, -0.2) is 19.6 Å². The Morgan fingerprint density at radius 3 is 1.73 bits per heavy atom. The number of aromatic nitrogens is 4. The zero-order valence-electron chi connectivity index (χ0n) is 32.9. The Hall–Kier alpha value is -4.88. The van der Waals surface area contributed by atoms with Crippen molar-refractivity contribution in [2.24, 2.45) is 11.8 Å². The van der Waals surface area contributed by atoms with Gasteiger partial charge in [0.2, 0.25) is 11.8 Å². The number of amides is 4. The Morgan fingerprint density at radius 2 is 1.22 bits per heavy atom. The minimum atomic E-state index is -0.677. The van der Waals surface area contributed by atoms with Gasteiger partial charge in [0.05, 0.1) is 38.2 Å². The number of alkyl carbamates (subject to hydrolysis) is 2. The normalized spacial score (nSPS) is 25.7. The van der Waals surface area contributed by atoms with E-state index in [9.17, 15) is 19.2 Å². The van der Waals surface area contributed by atoms with Gasteiger partial charge in [-0.15, -0.1) is 0 Å². The molecule has 296 valence electrons. The number of benzene rings is 1. The predicted molar refractivity (Wildman–Crippen MR) is 205 cm³/mol. The molecule has 2 saturated carbocycles. The maximum atomic E-state index is 13.7. The van der Waals surface area contributed by atoms with Crippen LogP contribution in [0.4, 0.5) is 9.59 Å². The number of fused-ring (bicyclic) bond motifs is 2. The van der Waals surface area contributed by atoms with Gasteiger partial charge in [0, 0.05) is 30.4 Å². The van der Waals surface area contributed by atoms with Gasteiger partial charge in [0.15, 0.2) is 0 Å². The lowest BCUT2D eigenvalue weighted by Gasteiger charge is -2.30. The van der Waals surface area contributed by atoms with Gasteiger partial charge in [-0.3, -0.25) is 9.59 Å². The largest absolute Gasteiger partial charge is 0.453 e. The molecule has 4 amide bonds. The molecule has 1 aromatic carbocycles. The van der Waals surface area contributed by atoms with Crippen LogP contribution in [0.5, 0.6) is 0 Å². The summed E-state index contributed by atoms with van der Waals surface area (Å²) in [6, 6.07) is 7.19. The van der Waals surface area contributed by atoms with Gasteiger partial charge in [0.1, 0.15) is 23.7 Å². The number of ether oxygens (including phenoxy) is 2. The summed E-state index contributed by atoms with van der Waals surface area (Å²) in [6.45, 7) is 8.91. The van der Waals surface area contributed by atoms with E-state index in [0.29, 0.717) is 13.1 Å². The number of methoxy groups -OCH3 is 2. The quantitative estimate of drug-likeness (QED) is 0.183. The lowest BCUT2D eigenvalue weighted by atomic mass is 9.77. The first-order valence-corrected chi connectivity index (χ1v) is 19.9. The maximum absolute atomic E-state index is 13.7. The van der Waals surface area contributed by atoms with Gasteiger partial charge in [-0.2, -0.15) is 0 Å². The fourth-order valence-electron chi connectivity index (χ4n) is 9.78. The summed E-state index contributed by atoms with van der Waals surface area (Å²) < 4.78 is 9.57. The fraction of sp³-hybridized carbons (Fsp3) is 0.610. The second kappa shape index (κ2) is 15.3. The number of rotatable bonds is 11. The monoisotopic (exact) mass is 756 g/mol. The third kappa shape index (κ3) is 7.19. The predicted octanol–water partition coefficient (Wildman–Crippen LogP) is 6.04. The van der Waals surface area contributed by atoms with Crippen LogP contribution in [0, 0.1) is 11.8 Å². The fourth-order valence-corrected chi connectivity index (χ4v) is 9.78. The molecule has 4 atom stereocenters. The van der Waals surface area contributed by atoms with E-state index in [1.54, 1.807) is 0 Å². The molecule has 4 fully saturated rings. The van der Waals surface area contributed by atoms with Crippen molar-refractivity contribution in [1.82, 2.24) is 40.4 Å². The number of carbonyl (C=O) groups is 4. The van der Waals surface area contributed by atoms with Crippen molar-refractivity contribution in [1.29, 1.82) is 0 Å². The van der Waals surface area contributed by atoms with Crippen molar-refractivity contribution in [3.8, 4) is 11.3 Å². The van der Waals surface area contributed by atoms with E-state index < -0.39 is 24.3 Å². The van der Waals surface area contributed by atoms with E-state index >= 15 is 0 Å². The number of carbonyl (C=O) groups excluding carboxylic acids is 4. The molecule has 2 aliphatic carbocycles. The van der Waals surface area contributed by atoms with Crippen LogP contribution < -0.4 is 10.6 Å². The molecule has 2 bridgehead atoms. The molecule has 14 nitrogen and oxygen atoms in total. The number of nitrogens with one attached hydrogen (secondary N) is 4. The molecule has 0 spiro atoms. The third-order valence-electron chi connectivity index (χ3n) is 12.9. The van der Waals surface area contributed by atoms with Gasteiger partial charge in [0.25, 0.3) is 0 Å². The standard InChI is InChI=1S/C41H56N8O6/c1-24(2)32(46-38(52)54-5)36(50)48-19-7-9-29(48)34-42-21-28(44-34)26-11-13-27(14-12-26)40-15-17-41(23-40,18-16-40)31-22-43-35(45-31)30-10-8-20-49(30)37(51)33(25(3)4)47-39(53)55-6/h11-14,21-22,24-25,29-30,32-33H,7-10,15-20,23H2,1-6H3,(H,42,44)(H,43,45)(H,46,52)(H,47,53)/t29-,30-,32+,33-,40?,41?/m0/s1. The second-order valence-electron chi connectivity index (χ2n) is 16.8. The first-order valence-electron chi connectivity index (χ1n) is 19.9. The summed E-state index contributed by atoms with van der Waals surface area (Å²) in [6.07, 6.45) is 11.4. The molecule has 0 radical (unpaired) electrons. The van der Waals surface area contributed by atoms with Crippen LogP contribution in [0.2, 0.25) is 0 Å². The van der Waals surface area contributed by atoms with Gasteiger partial charge < -0.3 is 39.9 Å². The Kier molecular flexibility index (Phi) is 10.7. The Labute approximate surface area is 322 Å². The maximum Gasteiger partial charge on any atom is 0.407 e. The van der Waals surface area contributed by atoms with Crippen molar-refractivity contribution in [2.45, 2.75) is 120 Å². The Morgan fingerprint density at radius 1 is 0.727 bits per heavy atom. The molecule has 0 unspecified atom stereocenters. The lowest BCUT2D eigenvalue weighted by Crippen LogP contribution is -2.51. The highest BCUT2D eigenvalue weighted by atomic mass is 16.5. The number of aromatic amines is 2. The average Bonchev–Trinajstić information content (AvgIpc) is 4.04. The summed E-state index contributed by atoms with van der Waals surface area (Å²) in [7, 11) is 2.61. The highest BCUT2D eigenvalue weighted by Gasteiger charge is 2.56. The number of H-pyrrole nitrogens is 2. The van der Waals surface area contributed by atoms with Crippen molar-refractivity contribution in [2.75, 3.05) is 27.3 Å². The van der Waals surface area contributed by atoms with Crippen LogP contribution >= 0.6 is 0 Å². The average molecular weight is 757 g/mol. The van der Waals surface area contributed by atoms with Crippen LogP contribution in [0.1, 0.15) is 120 Å². The van der Waals surface area contributed by atoms with E-state index in [2.05, 4.69) is 44.9 Å². The first kappa shape index (κ1) is 38.4. The molecular formula is C41H56N8O6. The number of imidazole rings is 2. The smallest absolute Gasteiger partial charge is 0.407 e. The van der Waals surface area contributed by atoms with E-state index in [0.717, 1.165) is 86.4 Å². The topological polar surface area (TPSA) is 175 Å². The molecule has 7 rings (SSSR count). The highest BCUT2D eigenvalue weighted by Crippen LogP contribution is 2.62. The Bertz CT molecular complexity index is 1880. The van der Waals surface area contributed by atoms with Gasteiger partial charge >= 0.3 is 12.2 Å². The van der Waals surface area contributed by atoms with Crippen molar-refractivity contribution in [3.63, 3.8) is 0 Å². The summed E-state index contributed by atoms with van der Waals surface area (Å²) in [5.41, 5.74) is 4.58. The molecule has 4 heterocycles. The number of hydrogen-bond donors (Lipinski definition) is 4. The summed E-state index contributed by atoms with van der Waals surface area (Å²) in [5, 5.41) is 5.45. The SMILES string of the molecule is COC(=O)N[C@H](C(=O)N1CCC[C@H]1c1ncc(C23CCC(c4ccc(-c5cnc([C@@H]6CCCN6C(=O)[C@H](NC(=O)OC)C(C)C)[nH]5)cc4)(CC2)C3)[nH]1)C(C)C. The number of likely N-dealkylation sites (tertiary alicyclic amines) is 2. The van der Waals surface area contributed by atoms with Crippen molar-refractivity contribution < 1.29 is 28.7 Å². The zero-order chi connectivity index (χ0) is 39.1. The highest BCUT2D eigenvalue weighted by molar-refractivity contribution is 5.87. The molecule has 55 heavy (non-hydrogen) atoms. The number of hydrogen-bond acceptors (Lipinski definition) is 8. The van der Waals surface area contributed by atoms with Crippen LogP contribution in [0.15, 0.2) is 36.7 Å². The molecule has 2 saturated heterocycles. The van der Waals surface area contributed by atoms with Gasteiger partial charge in [-0.1, -0.05) is 52.0 Å². The molecular weight excluding hydrogens is 701 g/mol. The summed E-state index contributed by atoms with van der Waals surface area (Å²) >= 11 is 0. The van der Waals surface area contributed by atoms with Crippen LogP contribution in [-0.4, -0.2) is 93.1 Å². The van der Waals surface area contributed by atoms with E-state index in [1.807, 2.05) is 49.9 Å². The van der Waals surface area contributed by atoms with Gasteiger partial charge in [-0.05, 0) is 86.2 Å². The second-order valence-corrected chi connectivity index (χ2v) is 16.8. The minimum Gasteiger partial charge on any atom is -0.453 e. The van der Waals surface area contributed by atoms with E-state index in [1.165, 1.54) is 19.8 Å². The van der Waals surface area contributed by atoms with Crippen molar-refractivity contribution in [3.05, 3.63) is 59.6 Å². The summed E-state index contributed by atoms with van der Waals surface area (Å²) in [4.78, 5) is 71.8. The Balaban J connectivity index is 1.02. The zero-order valence-corrected chi connectivity index (χ0v) is 32.9. The summed E-state index contributed by atoms with van der Waals surface area (Å²) in [5.74, 6) is 1.17. The van der Waals surface area contributed by atoms with E-state index in [4.69, 9.17) is 19.4 Å². The third-order valence-corrected chi connectivity index (χ3v) is 12.9. The first-order chi connectivity index (χ1) is 26.4. The lowest BCUT2D eigenvalue weighted by molar-refractivity contribution is -0.136. The van der Waals surface area contributed by atoms with Crippen LogP contribution in [0.25, 0.3) is 11.3 Å². The molecule has 2 aliphatic heterocycles. The molecule has 4 N–H and O–H groups in total. The molecule has 3 aromatic rings. The molecule has 2 aromatic heterocycles. The van der Waals surface area contributed by atoms with Crippen LogP contribution in [-0.2, 0) is 29.9 Å².